The van der Waals surface area contributed by atoms with Crippen LogP contribution in [0.1, 0.15) is 16.7 Å². The van der Waals surface area contributed by atoms with E-state index in [1.165, 1.54) is 24.3 Å². The Bertz CT molecular complexity index is 1660. The maximum absolute atomic E-state index is 12.4. The Morgan fingerprint density at radius 2 is 1.68 bits per heavy atom. The summed E-state index contributed by atoms with van der Waals surface area (Å²) < 4.78 is 46.8. The SMILES string of the molecule is Cc1cccc(C)c1NC(=S)NN=Cc1ccc2c(ccc3c(-c4ccc(OC(F)(F)F)cc4)onc32)c1. The predicted octanol–water partition coefficient (Wildman–Crippen LogP) is 7.48. The number of para-hydroxylation sites is 1. The van der Waals surface area contributed by atoms with E-state index in [1.807, 2.05) is 62.4 Å². The van der Waals surface area contributed by atoms with Gasteiger partial charge in [0.1, 0.15) is 11.3 Å². The molecule has 0 aliphatic carbocycles. The third kappa shape index (κ3) is 5.45. The molecule has 0 bridgehead atoms. The zero-order valence-corrected chi connectivity index (χ0v) is 21.1. The molecule has 0 saturated heterocycles. The smallest absolute Gasteiger partial charge is 0.406 e. The molecule has 0 unspecified atom stereocenters. The van der Waals surface area contributed by atoms with Crippen LogP contribution < -0.4 is 15.5 Å². The van der Waals surface area contributed by atoms with Crippen molar-refractivity contribution in [1.82, 2.24) is 10.6 Å². The summed E-state index contributed by atoms with van der Waals surface area (Å²) in [4.78, 5) is 0. The van der Waals surface area contributed by atoms with Crippen molar-refractivity contribution in [1.29, 1.82) is 0 Å². The van der Waals surface area contributed by atoms with Gasteiger partial charge in [-0.2, -0.15) is 5.10 Å². The summed E-state index contributed by atoms with van der Waals surface area (Å²) in [7, 11) is 0. The van der Waals surface area contributed by atoms with Gasteiger partial charge in [-0.1, -0.05) is 41.6 Å². The van der Waals surface area contributed by atoms with Crippen molar-refractivity contribution in [2.75, 3.05) is 5.32 Å². The van der Waals surface area contributed by atoms with Gasteiger partial charge in [-0.25, -0.2) is 0 Å². The highest BCUT2D eigenvalue weighted by Gasteiger charge is 2.31. The molecular formula is C28H21F3N4O2S. The van der Waals surface area contributed by atoms with Crippen LogP contribution in [-0.2, 0) is 0 Å². The van der Waals surface area contributed by atoms with Crippen LogP contribution in [0.3, 0.4) is 0 Å². The molecule has 0 spiro atoms. The first-order chi connectivity index (χ1) is 18.2. The molecule has 4 aromatic carbocycles. The van der Waals surface area contributed by atoms with E-state index >= 15 is 0 Å². The van der Waals surface area contributed by atoms with Gasteiger partial charge in [0.2, 0.25) is 0 Å². The van der Waals surface area contributed by atoms with Crippen molar-refractivity contribution in [2.45, 2.75) is 20.2 Å². The number of hydrazone groups is 1. The number of halogens is 3. The van der Waals surface area contributed by atoms with Crippen molar-refractivity contribution in [3.8, 4) is 17.1 Å². The maximum atomic E-state index is 12.4. The third-order valence-electron chi connectivity index (χ3n) is 5.94. The van der Waals surface area contributed by atoms with Crippen LogP contribution in [-0.4, -0.2) is 22.8 Å². The predicted molar refractivity (Wildman–Crippen MR) is 147 cm³/mol. The molecule has 0 amide bonds. The Morgan fingerprint density at radius 3 is 2.39 bits per heavy atom. The van der Waals surface area contributed by atoms with Crippen LogP contribution in [0.2, 0.25) is 0 Å². The van der Waals surface area contributed by atoms with E-state index in [1.54, 1.807) is 6.21 Å². The third-order valence-corrected chi connectivity index (χ3v) is 6.13. The topological polar surface area (TPSA) is 71.7 Å². The lowest BCUT2D eigenvalue weighted by Crippen LogP contribution is -2.24. The fourth-order valence-electron chi connectivity index (χ4n) is 4.17. The average molecular weight is 535 g/mol. The minimum atomic E-state index is -4.75. The number of hydrogen-bond donors (Lipinski definition) is 2. The van der Waals surface area contributed by atoms with Crippen molar-refractivity contribution in [3.63, 3.8) is 0 Å². The minimum Gasteiger partial charge on any atom is -0.406 e. The second-order valence-corrected chi connectivity index (χ2v) is 9.03. The number of hydrogen-bond acceptors (Lipinski definition) is 5. The molecule has 0 aliphatic heterocycles. The standard InChI is InChI=1S/C28H21F3N4O2S/c1-16-4-3-5-17(2)24(16)33-27(38)34-32-15-18-6-12-22-20(14-18)9-13-23-25(22)35-37-26(23)19-7-10-21(11-8-19)36-28(29,30)31/h3-15H,1-2H3,(H2,33,34,38). The normalized spacial score (nSPS) is 11.8. The summed E-state index contributed by atoms with van der Waals surface area (Å²) in [5, 5.41) is 14.6. The molecule has 38 heavy (non-hydrogen) atoms. The fourth-order valence-corrected chi connectivity index (χ4v) is 4.32. The van der Waals surface area contributed by atoms with Gasteiger partial charge < -0.3 is 14.6 Å². The number of benzene rings is 4. The molecule has 0 aliphatic rings. The van der Waals surface area contributed by atoms with E-state index in [0.717, 1.165) is 38.5 Å². The average Bonchev–Trinajstić information content (AvgIpc) is 3.30. The van der Waals surface area contributed by atoms with Crippen molar-refractivity contribution in [2.24, 2.45) is 5.10 Å². The van der Waals surface area contributed by atoms with E-state index in [9.17, 15) is 13.2 Å². The first-order valence-electron chi connectivity index (χ1n) is 11.5. The first-order valence-corrected chi connectivity index (χ1v) is 11.9. The van der Waals surface area contributed by atoms with Gasteiger partial charge in [-0.3, -0.25) is 5.43 Å². The van der Waals surface area contributed by atoms with E-state index < -0.39 is 6.36 Å². The van der Waals surface area contributed by atoms with Crippen LogP contribution >= 0.6 is 12.2 Å². The number of aromatic nitrogens is 1. The van der Waals surface area contributed by atoms with Gasteiger partial charge in [0.05, 0.1) is 11.6 Å². The maximum Gasteiger partial charge on any atom is 0.573 e. The highest BCUT2D eigenvalue weighted by Crippen LogP contribution is 2.34. The van der Waals surface area contributed by atoms with E-state index in [-0.39, 0.29) is 5.75 Å². The van der Waals surface area contributed by atoms with Crippen molar-refractivity contribution in [3.05, 3.63) is 89.5 Å². The van der Waals surface area contributed by atoms with E-state index in [0.29, 0.717) is 22.0 Å². The minimum absolute atomic E-state index is 0.305. The Hall–Kier alpha value is -4.44. The Kier molecular flexibility index (Phi) is 6.73. The summed E-state index contributed by atoms with van der Waals surface area (Å²) in [6.45, 7) is 4.02. The number of anilines is 1. The molecule has 5 rings (SSSR count). The van der Waals surface area contributed by atoms with Crippen LogP contribution in [0, 0.1) is 13.8 Å². The summed E-state index contributed by atoms with van der Waals surface area (Å²) in [6.07, 6.45) is -3.08. The van der Waals surface area contributed by atoms with E-state index in [2.05, 4.69) is 25.7 Å². The largest absolute Gasteiger partial charge is 0.573 e. The lowest BCUT2D eigenvalue weighted by molar-refractivity contribution is -0.274. The molecule has 6 nitrogen and oxygen atoms in total. The fraction of sp³-hybridized carbons (Fsp3) is 0.107. The van der Waals surface area contributed by atoms with Crippen LogP contribution in [0.4, 0.5) is 18.9 Å². The molecule has 1 aromatic heterocycles. The number of fused-ring (bicyclic) bond motifs is 3. The Balaban J connectivity index is 1.32. The lowest BCUT2D eigenvalue weighted by atomic mass is 10.0. The number of nitrogens with one attached hydrogen (secondary N) is 2. The molecule has 5 aromatic rings. The van der Waals surface area contributed by atoms with Crippen LogP contribution in [0.25, 0.3) is 33.0 Å². The zero-order valence-electron chi connectivity index (χ0n) is 20.3. The number of alkyl halides is 3. The van der Waals surface area contributed by atoms with Gasteiger partial charge in [0.25, 0.3) is 0 Å². The van der Waals surface area contributed by atoms with Gasteiger partial charge in [0.15, 0.2) is 10.9 Å². The Morgan fingerprint density at radius 1 is 0.974 bits per heavy atom. The van der Waals surface area contributed by atoms with E-state index in [4.69, 9.17) is 16.7 Å². The van der Waals surface area contributed by atoms with Crippen LogP contribution in [0.5, 0.6) is 5.75 Å². The number of aryl methyl sites for hydroxylation is 2. The number of nitrogens with zero attached hydrogens (tertiary/aromatic N) is 2. The molecule has 0 radical (unpaired) electrons. The second-order valence-electron chi connectivity index (χ2n) is 8.62. The van der Waals surface area contributed by atoms with Gasteiger partial charge in [0, 0.05) is 16.6 Å². The lowest BCUT2D eigenvalue weighted by Gasteiger charge is -2.12. The molecule has 0 saturated carbocycles. The number of ether oxygens (including phenoxy) is 1. The molecule has 0 fully saturated rings. The highest BCUT2D eigenvalue weighted by atomic mass is 32.1. The molecular weight excluding hydrogens is 513 g/mol. The van der Waals surface area contributed by atoms with Gasteiger partial charge in [-0.15, -0.1) is 13.2 Å². The molecule has 10 heteroatoms. The summed E-state index contributed by atoms with van der Waals surface area (Å²) in [6, 6.07) is 21.0. The van der Waals surface area contributed by atoms with Crippen LogP contribution in [0.15, 0.2) is 82.4 Å². The highest BCUT2D eigenvalue weighted by molar-refractivity contribution is 7.80. The number of thiocarbonyl (C=S) groups is 1. The summed E-state index contributed by atoms with van der Waals surface area (Å²) >= 11 is 5.36. The summed E-state index contributed by atoms with van der Waals surface area (Å²) in [5.74, 6) is 0.154. The van der Waals surface area contributed by atoms with Gasteiger partial charge >= 0.3 is 6.36 Å². The summed E-state index contributed by atoms with van der Waals surface area (Å²) in [5.41, 5.74) is 8.05. The molecule has 2 N–H and O–H groups in total. The molecule has 0 atom stereocenters. The second kappa shape index (κ2) is 10.1. The molecule has 192 valence electrons. The van der Waals surface area contributed by atoms with Gasteiger partial charge in [-0.05, 0) is 84.5 Å². The van der Waals surface area contributed by atoms with Crippen molar-refractivity contribution < 1.29 is 22.4 Å². The monoisotopic (exact) mass is 534 g/mol. The Labute approximate surface area is 221 Å². The molecule has 1 heterocycles. The number of rotatable bonds is 5. The zero-order chi connectivity index (χ0) is 26.9. The van der Waals surface area contributed by atoms with Crippen molar-refractivity contribution >= 4 is 50.9 Å². The first kappa shape index (κ1) is 25.2. The quantitative estimate of drug-likeness (QED) is 0.138.